The molecular formula is C18H24N2O3. The number of ether oxygens (including phenoxy) is 1. The van der Waals surface area contributed by atoms with Gasteiger partial charge in [0.15, 0.2) is 0 Å². The van der Waals surface area contributed by atoms with E-state index in [0.717, 1.165) is 32.4 Å². The van der Waals surface area contributed by atoms with E-state index >= 15 is 0 Å². The highest BCUT2D eigenvalue weighted by Crippen LogP contribution is 2.50. The van der Waals surface area contributed by atoms with Crippen molar-refractivity contribution in [1.29, 1.82) is 0 Å². The lowest BCUT2D eigenvalue weighted by molar-refractivity contribution is -0.142. The van der Waals surface area contributed by atoms with E-state index in [1.165, 1.54) is 18.2 Å². The number of piperidine rings is 1. The SMILES string of the molecule is COC(=O)CN1CCC2(CC1)C[C@H](NC(C)=O)c1ccccc12. The fourth-order valence-electron chi connectivity index (χ4n) is 4.13. The average Bonchev–Trinajstić information content (AvgIpc) is 2.83. The molecule has 1 spiro atoms. The van der Waals surface area contributed by atoms with Crippen molar-refractivity contribution in [2.24, 2.45) is 0 Å². The molecule has 1 saturated heterocycles. The summed E-state index contributed by atoms with van der Waals surface area (Å²) < 4.78 is 4.76. The number of esters is 1. The molecule has 1 aliphatic carbocycles. The number of rotatable bonds is 3. The van der Waals surface area contributed by atoms with Crippen LogP contribution in [0, 0.1) is 0 Å². The van der Waals surface area contributed by atoms with E-state index in [4.69, 9.17) is 4.74 Å². The minimum absolute atomic E-state index is 0.0185. The smallest absolute Gasteiger partial charge is 0.319 e. The maximum absolute atomic E-state index is 11.5. The van der Waals surface area contributed by atoms with Gasteiger partial charge < -0.3 is 10.1 Å². The summed E-state index contributed by atoms with van der Waals surface area (Å²) in [4.78, 5) is 25.1. The van der Waals surface area contributed by atoms with Gasteiger partial charge in [-0.2, -0.15) is 0 Å². The van der Waals surface area contributed by atoms with E-state index < -0.39 is 0 Å². The molecule has 1 aliphatic heterocycles. The third-order valence-electron chi connectivity index (χ3n) is 5.27. The fourth-order valence-corrected chi connectivity index (χ4v) is 4.13. The van der Waals surface area contributed by atoms with E-state index in [0.29, 0.717) is 6.54 Å². The first kappa shape index (κ1) is 16.0. The van der Waals surface area contributed by atoms with Crippen LogP contribution < -0.4 is 5.32 Å². The molecule has 0 radical (unpaired) electrons. The molecule has 1 aromatic rings. The highest BCUT2D eigenvalue weighted by molar-refractivity contribution is 5.74. The van der Waals surface area contributed by atoms with Crippen LogP contribution >= 0.6 is 0 Å². The molecule has 0 unspecified atom stereocenters. The molecule has 124 valence electrons. The number of nitrogens with one attached hydrogen (secondary N) is 1. The Hall–Kier alpha value is -1.88. The summed E-state index contributed by atoms with van der Waals surface area (Å²) in [6.45, 7) is 3.71. The van der Waals surface area contributed by atoms with Crippen molar-refractivity contribution in [3.05, 3.63) is 35.4 Å². The number of hydrogen-bond acceptors (Lipinski definition) is 4. The van der Waals surface area contributed by atoms with Gasteiger partial charge in [-0.15, -0.1) is 0 Å². The number of likely N-dealkylation sites (tertiary alicyclic amines) is 1. The van der Waals surface area contributed by atoms with Gasteiger partial charge in [0.1, 0.15) is 0 Å². The maximum Gasteiger partial charge on any atom is 0.319 e. The van der Waals surface area contributed by atoms with Gasteiger partial charge in [0.2, 0.25) is 5.91 Å². The molecule has 0 aromatic heterocycles. The van der Waals surface area contributed by atoms with Crippen LogP contribution in [0.15, 0.2) is 24.3 Å². The van der Waals surface area contributed by atoms with E-state index in [1.807, 2.05) is 6.07 Å². The molecule has 1 atom stereocenters. The number of benzene rings is 1. The van der Waals surface area contributed by atoms with Gasteiger partial charge in [-0.05, 0) is 43.5 Å². The first-order valence-electron chi connectivity index (χ1n) is 8.20. The van der Waals surface area contributed by atoms with Crippen LogP contribution in [0.2, 0.25) is 0 Å². The Morgan fingerprint density at radius 1 is 1.30 bits per heavy atom. The summed E-state index contributed by atoms with van der Waals surface area (Å²) in [5, 5.41) is 3.10. The molecule has 1 fully saturated rings. The molecule has 5 nitrogen and oxygen atoms in total. The Balaban J connectivity index is 1.76. The molecule has 1 amide bonds. The van der Waals surface area contributed by atoms with Crippen LogP contribution in [0.4, 0.5) is 0 Å². The molecule has 23 heavy (non-hydrogen) atoms. The number of nitrogens with zero attached hydrogens (tertiary/aromatic N) is 1. The van der Waals surface area contributed by atoms with E-state index in [2.05, 4.69) is 28.4 Å². The van der Waals surface area contributed by atoms with Crippen LogP contribution in [0.1, 0.15) is 43.4 Å². The number of carbonyl (C=O) groups is 2. The first-order valence-corrected chi connectivity index (χ1v) is 8.20. The molecule has 1 heterocycles. The lowest BCUT2D eigenvalue weighted by Gasteiger charge is -2.40. The third-order valence-corrected chi connectivity index (χ3v) is 5.27. The third kappa shape index (κ3) is 3.11. The summed E-state index contributed by atoms with van der Waals surface area (Å²) in [6, 6.07) is 8.56. The van der Waals surface area contributed by atoms with Gasteiger partial charge >= 0.3 is 5.97 Å². The second-order valence-corrected chi connectivity index (χ2v) is 6.68. The minimum Gasteiger partial charge on any atom is -0.468 e. The highest BCUT2D eigenvalue weighted by atomic mass is 16.5. The molecular weight excluding hydrogens is 292 g/mol. The first-order chi connectivity index (χ1) is 11.0. The summed E-state index contributed by atoms with van der Waals surface area (Å²) in [5.74, 6) is -0.158. The average molecular weight is 316 g/mol. The zero-order valence-electron chi connectivity index (χ0n) is 13.8. The second kappa shape index (κ2) is 6.32. The van der Waals surface area contributed by atoms with Crippen LogP contribution in [-0.2, 0) is 19.7 Å². The molecule has 0 bridgehead atoms. The van der Waals surface area contributed by atoms with Crippen molar-refractivity contribution in [3.8, 4) is 0 Å². The minimum atomic E-state index is -0.177. The molecule has 1 aromatic carbocycles. The van der Waals surface area contributed by atoms with Crippen molar-refractivity contribution in [1.82, 2.24) is 10.2 Å². The molecule has 1 N–H and O–H groups in total. The van der Waals surface area contributed by atoms with Gasteiger partial charge in [0, 0.05) is 12.3 Å². The standard InChI is InChI=1S/C18H24N2O3/c1-13(21)19-16-11-18(15-6-4-3-5-14(15)16)7-9-20(10-8-18)12-17(22)23-2/h3-6,16H,7-12H2,1-2H3,(H,19,21)/t16-/m0/s1. The summed E-state index contributed by atoms with van der Waals surface area (Å²) in [5.41, 5.74) is 2.75. The van der Waals surface area contributed by atoms with Crippen molar-refractivity contribution in [3.63, 3.8) is 0 Å². The topological polar surface area (TPSA) is 58.6 Å². The van der Waals surface area contributed by atoms with Gasteiger partial charge in [0.25, 0.3) is 0 Å². The summed E-state index contributed by atoms with van der Waals surface area (Å²) >= 11 is 0. The number of hydrogen-bond donors (Lipinski definition) is 1. The van der Waals surface area contributed by atoms with E-state index in [1.54, 1.807) is 6.92 Å². The summed E-state index contributed by atoms with van der Waals surface area (Å²) in [7, 11) is 1.43. The van der Waals surface area contributed by atoms with Crippen LogP contribution in [0.5, 0.6) is 0 Å². The normalized spacial score (nSPS) is 22.6. The van der Waals surface area contributed by atoms with E-state index in [-0.39, 0.29) is 23.3 Å². The lowest BCUT2D eigenvalue weighted by Crippen LogP contribution is -2.44. The fraction of sp³-hybridized carbons (Fsp3) is 0.556. The Kier molecular flexibility index (Phi) is 4.39. The zero-order valence-corrected chi connectivity index (χ0v) is 13.8. The van der Waals surface area contributed by atoms with Crippen molar-refractivity contribution in [2.45, 2.75) is 37.6 Å². The van der Waals surface area contributed by atoms with Crippen LogP contribution in [0.3, 0.4) is 0 Å². The van der Waals surface area contributed by atoms with Gasteiger partial charge in [0.05, 0.1) is 19.7 Å². The van der Waals surface area contributed by atoms with Crippen molar-refractivity contribution in [2.75, 3.05) is 26.7 Å². The number of methoxy groups -OCH3 is 1. The van der Waals surface area contributed by atoms with Crippen LogP contribution in [-0.4, -0.2) is 43.5 Å². The largest absolute Gasteiger partial charge is 0.468 e. The second-order valence-electron chi connectivity index (χ2n) is 6.68. The number of carbonyl (C=O) groups excluding carboxylic acids is 2. The Morgan fingerprint density at radius 2 is 2.00 bits per heavy atom. The van der Waals surface area contributed by atoms with Gasteiger partial charge in [-0.1, -0.05) is 24.3 Å². The number of fused-ring (bicyclic) bond motifs is 2. The summed E-state index contributed by atoms with van der Waals surface area (Å²) in [6.07, 6.45) is 2.98. The Labute approximate surface area is 137 Å². The molecule has 5 heteroatoms. The van der Waals surface area contributed by atoms with Gasteiger partial charge in [-0.3, -0.25) is 14.5 Å². The Bertz CT molecular complexity index is 606. The maximum atomic E-state index is 11.5. The Morgan fingerprint density at radius 3 is 2.65 bits per heavy atom. The molecule has 2 aliphatic rings. The molecule has 3 rings (SSSR count). The zero-order chi connectivity index (χ0) is 16.4. The van der Waals surface area contributed by atoms with Crippen LogP contribution in [0.25, 0.3) is 0 Å². The quantitative estimate of drug-likeness (QED) is 0.864. The number of amides is 1. The highest BCUT2D eigenvalue weighted by Gasteiger charge is 2.45. The lowest BCUT2D eigenvalue weighted by atomic mass is 9.73. The predicted molar refractivity (Wildman–Crippen MR) is 87.0 cm³/mol. The van der Waals surface area contributed by atoms with E-state index in [9.17, 15) is 9.59 Å². The van der Waals surface area contributed by atoms with Gasteiger partial charge in [-0.25, -0.2) is 0 Å². The molecule has 0 saturated carbocycles. The van der Waals surface area contributed by atoms with Crippen molar-refractivity contribution >= 4 is 11.9 Å². The van der Waals surface area contributed by atoms with Crippen molar-refractivity contribution < 1.29 is 14.3 Å². The predicted octanol–water partition coefficient (Wildman–Crippen LogP) is 1.77. The monoisotopic (exact) mass is 316 g/mol.